The van der Waals surface area contributed by atoms with Crippen LogP contribution in [0.2, 0.25) is 0 Å². The fourth-order valence-corrected chi connectivity index (χ4v) is 4.23. The number of nitrogens with two attached hydrogens (primary N) is 2. The smallest absolute Gasteiger partial charge is 0.319 e. The van der Waals surface area contributed by atoms with Crippen molar-refractivity contribution in [3.05, 3.63) is 35.3 Å². The van der Waals surface area contributed by atoms with E-state index in [-0.39, 0.29) is 41.5 Å². The second kappa shape index (κ2) is 10.4. The first-order valence-electron chi connectivity index (χ1n) is 12.0. The highest BCUT2D eigenvalue weighted by Gasteiger charge is 2.33. The number of nitrogens with zero attached hydrogens (tertiary/aromatic N) is 4. The Kier molecular flexibility index (Phi) is 7.34. The summed E-state index contributed by atoms with van der Waals surface area (Å²) in [4.78, 5) is 39.7. The van der Waals surface area contributed by atoms with E-state index in [1.807, 2.05) is 6.07 Å². The average Bonchev–Trinajstić information content (AvgIpc) is 3.57. The van der Waals surface area contributed by atoms with Crippen molar-refractivity contribution in [3.63, 3.8) is 0 Å². The van der Waals surface area contributed by atoms with Gasteiger partial charge in [0.15, 0.2) is 5.69 Å². The minimum absolute atomic E-state index is 0.0975. The minimum atomic E-state index is -0.641. The molecule has 0 aromatic carbocycles. The summed E-state index contributed by atoms with van der Waals surface area (Å²) in [5.74, 6) is 0.844. The van der Waals surface area contributed by atoms with Crippen molar-refractivity contribution in [1.29, 1.82) is 0 Å². The molecule has 188 valence electrons. The predicted molar refractivity (Wildman–Crippen MR) is 130 cm³/mol. The quantitative estimate of drug-likeness (QED) is 0.407. The van der Waals surface area contributed by atoms with Crippen LogP contribution in [0, 0.1) is 11.8 Å². The van der Waals surface area contributed by atoms with Gasteiger partial charge in [0.1, 0.15) is 11.5 Å². The largest absolute Gasteiger partial charge is 0.463 e. The summed E-state index contributed by atoms with van der Waals surface area (Å²) in [6, 6.07) is 4.94. The molecule has 6 N–H and O–H groups in total. The van der Waals surface area contributed by atoms with Crippen molar-refractivity contribution < 1.29 is 19.4 Å². The summed E-state index contributed by atoms with van der Waals surface area (Å²) in [5, 5.41) is 12.0. The Hall–Kier alpha value is -3.47. The number of rotatable bonds is 9. The first-order valence-corrected chi connectivity index (χ1v) is 12.0. The van der Waals surface area contributed by atoms with Crippen molar-refractivity contribution in [2.75, 3.05) is 36.9 Å². The molecule has 35 heavy (non-hydrogen) atoms. The van der Waals surface area contributed by atoms with Crippen molar-refractivity contribution in [2.45, 2.75) is 45.1 Å². The van der Waals surface area contributed by atoms with Gasteiger partial charge in [-0.15, -0.1) is 0 Å². The van der Waals surface area contributed by atoms with E-state index < -0.39 is 11.9 Å². The topological polar surface area (TPSA) is 170 Å². The third-order valence-corrected chi connectivity index (χ3v) is 6.70. The van der Waals surface area contributed by atoms with Gasteiger partial charge in [-0.2, -0.15) is 9.97 Å². The second-order valence-corrected chi connectivity index (χ2v) is 9.53. The first-order chi connectivity index (χ1) is 16.7. The second-order valence-electron chi connectivity index (χ2n) is 9.53. The number of anilines is 2. The van der Waals surface area contributed by atoms with Gasteiger partial charge in [-0.1, -0.05) is 6.92 Å². The molecular formula is C24H33N7O4. The molecule has 3 atom stereocenters. The molecule has 4 rings (SSSR count). The van der Waals surface area contributed by atoms with E-state index in [9.17, 15) is 14.7 Å². The number of aliphatic hydroxyl groups is 1. The van der Waals surface area contributed by atoms with Crippen LogP contribution >= 0.6 is 0 Å². The number of piperidine rings is 1. The molecule has 2 fully saturated rings. The minimum Gasteiger partial charge on any atom is -0.463 e. The van der Waals surface area contributed by atoms with E-state index in [2.05, 4.69) is 32.1 Å². The van der Waals surface area contributed by atoms with Gasteiger partial charge in [-0.05, 0) is 50.2 Å². The summed E-state index contributed by atoms with van der Waals surface area (Å²) in [6.07, 6.45) is 2.67. The van der Waals surface area contributed by atoms with Gasteiger partial charge in [0.25, 0.3) is 11.8 Å². The molecule has 3 heterocycles. The summed E-state index contributed by atoms with van der Waals surface area (Å²) in [6.45, 7) is 5.58. The summed E-state index contributed by atoms with van der Waals surface area (Å²) >= 11 is 0. The van der Waals surface area contributed by atoms with Crippen molar-refractivity contribution in [2.24, 2.45) is 17.6 Å². The molecule has 1 saturated carbocycles. The van der Waals surface area contributed by atoms with Gasteiger partial charge >= 0.3 is 6.01 Å². The van der Waals surface area contributed by atoms with Crippen molar-refractivity contribution in [1.82, 2.24) is 20.3 Å². The highest BCUT2D eigenvalue weighted by Crippen LogP contribution is 2.38. The zero-order chi connectivity index (χ0) is 25.1. The zero-order valence-corrected chi connectivity index (χ0v) is 20.1. The normalized spacial score (nSPS) is 20.8. The number of amides is 2. The van der Waals surface area contributed by atoms with Gasteiger partial charge in [0.2, 0.25) is 0 Å². The van der Waals surface area contributed by atoms with Gasteiger partial charge in [0.05, 0.1) is 18.9 Å². The zero-order valence-electron chi connectivity index (χ0n) is 20.1. The van der Waals surface area contributed by atoms with Crippen LogP contribution in [0.25, 0.3) is 0 Å². The Balaban J connectivity index is 1.49. The van der Waals surface area contributed by atoms with E-state index in [1.54, 1.807) is 19.1 Å². The van der Waals surface area contributed by atoms with E-state index >= 15 is 0 Å². The SMILES string of the molecule is C[C@H](CO)NC(=O)c1cc(N2CCC(c3ccc(N)c(C(N)=O)n3)CC2)nc(OC[C@H]2C[C@@H]2C)n1. The van der Waals surface area contributed by atoms with Crippen LogP contribution in [0.4, 0.5) is 11.5 Å². The fourth-order valence-electron chi connectivity index (χ4n) is 4.23. The lowest BCUT2D eigenvalue weighted by Crippen LogP contribution is -2.37. The van der Waals surface area contributed by atoms with Crippen LogP contribution < -0.4 is 26.4 Å². The van der Waals surface area contributed by atoms with Gasteiger partial charge in [0, 0.05) is 36.8 Å². The van der Waals surface area contributed by atoms with Crippen molar-refractivity contribution in [3.8, 4) is 6.01 Å². The van der Waals surface area contributed by atoms with E-state index in [4.69, 9.17) is 16.2 Å². The lowest BCUT2D eigenvalue weighted by Gasteiger charge is -2.33. The number of hydrogen-bond donors (Lipinski definition) is 4. The maximum absolute atomic E-state index is 12.7. The highest BCUT2D eigenvalue weighted by molar-refractivity contribution is 5.95. The lowest BCUT2D eigenvalue weighted by atomic mass is 9.92. The molecule has 1 aliphatic heterocycles. The number of primary amides is 1. The maximum atomic E-state index is 12.7. The van der Waals surface area contributed by atoms with Crippen LogP contribution in [0.15, 0.2) is 18.2 Å². The Labute approximate surface area is 204 Å². The molecule has 1 saturated heterocycles. The number of aromatic nitrogens is 3. The van der Waals surface area contributed by atoms with E-state index in [1.165, 1.54) is 0 Å². The summed E-state index contributed by atoms with van der Waals surface area (Å²) in [5.41, 5.74) is 12.6. The number of ether oxygens (including phenoxy) is 1. The Morgan fingerprint density at radius 1 is 1.26 bits per heavy atom. The number of carbonyl (C=O) groups is 2. The molecule has 1 aliphatic carbocycles. The molecule has 0 bridgehead atoms. The molecule has 2 amide bonds. The predicted octanol–water partition coefficient (Wildman–Crippen LogP) is 1.08. The molecule has 2 aromatic rings. The average molecular weight is 484 g/mol. The summed E-state index contributed by atoms with van der Waals surface area (Å²) in [7, 11) is 0. The van der Waals surface area contributed by atoms with Crippen LogP contribution in [-0.4, -0.2) is 64.2 Å². The lowest BCUT2D eigenvalue weighted by molar-refractivity contribution is 0.0914. The number of hydrogen-bond acceptors (Lipinski definition) is 9. The van der Waals surface area contributed by atoms with Crippen molar-refractivity contribution >= 4 is 23.3 Å². The van der Waals surface area contributed by atoms with E-state index in [0.717, 1.165) is 25.0 Å². The Morgan fingerprint density at radius 3 is 2.60 bits per heavy atom. The van der Waals surface area contributed by atoms with Gasteiger partial charge in [-0.25, -0.2) is 4.98 Å². The number of pyridine rings is 1. The molecule has 0 spiro atoms. The van der Waals surface area contributed by atoms with Gasteiger partial charge < -0.3 is 31.5 Å². The molecular weight excluding hydrogens is 450 g/mol. The standard InChI is InChI=1S/C24H33N7O4/c1-13-9-16(13)12-35-24-29-19(23(34)27-14(2)11-32)10-20(30-24)31-7-5-15(6-8-31)18-4-3-17(25)21(28-18)22(26)33/h3-4,10,13-16,32H,5-9,11-12,25H2,1-2H3,(H2,26,33)(H,27,34)/t13-,14+,16+/m0/s1. The Morgan fingerprint density at radius 2 is 1.97 bits per heavy atom. The third-order valence-electron chi connectivity index (χ3n) is 6.70. The molecule has 0 unspecified atom stereocenters. The molecule has 2 aromatic heterocycles. The van der Waals surface area contributed by atoms with Crippen LogP contribution in [-0.2, 0) is 0 Å². The molecule has 11 heteroatoms. The summed E-state index contributed by atoms with van der Waals surface area (Å²) < 4.78 is 5.85. The van der Waals surface area contributed by atoms with E-state index in [0.29, 0.717) is 37.4 Å². The molecule has 0 radical (unpaired) electrons. The van der Waals surface area contributed by atoms with Crippen LogP contribution in [0.3, 0.4) is 0 Å². The molecule has 2 aliphatic rings. The third kappa shape index (κ3) is 5.97. The van der Waals surface area contributed by atoms with Crippen LogP contribution in [0.1, 0.15) is 65.7 Å². The number of nitrogen functional groups attached to an aromatic ring is 1. The maximum Gasteiger partial charge on any atom is 0.319 e. The molecule has 11 nitrogen and oxygen atoms in total. The number of carbonyl (C=O) groups excluding carboxylic acids is 2. The van der Waals surface area contributed by atoms with Gasteiger partial charge in [-0.3, -0.25) is 9.59 Å². The number of aliphatic hydroxyl groups excluding tert-OH is 1. The monoisotopic (exact) mass is 483 g/mol. The first kappa shape index (κ1) is 24.6. The fraction of sp³-hybridized carbons (Fsp3) is 0.542. The van der Waals surface area contributed by atoms with Crippen LogP contribution in [0.5, 0.6) is 6.01 Å². The number of nitrogens with one attached hydrogen (secondary N) is 1. The Bertz CT molecular complexity index is 1090. The highest BCUT2D eigenvalue weighted by atomic mass is 16.5.